The summed E-state index contributed by atoms with van der Waals surface area (Å²) < 4.78 is 6.16. The third-order valence-electron chi connectivity index (χ3n) is 3.89. The molecule has 1 N–H and O–H groups in total. The molecular weight excluding hydrogens is 394 g/mol. The van der Waals surface area contributed by atoms with Crippen molar-refractivity contribution in [2.75, 3.05) is 11.9 Å². The zero-order valence-electron chi connectivity index (χ0n) is 14.8. The second-order valence-corrected chi connectivity index (χ2v) is 6.67. The minimum Gasteiger partial charge on any atom is -0.465 e. The maximum absolute atomic E-state index is 12.7. The Hall–Kier alpha value is -2.40. The molecule has 0 aliphatic heterocycles. The predicted molar refractivity (Wildman–Crippen MR) is 107 cm³/mol. The van der Waals surface area contributed by atoms with Crippen LogP contribution in [0.2, 0.25) is 0 Å². The van der Waals surface area contributed by atoms with E-state index in [0.29, 0.717) is 5.57 Å². The number of allylic oxidation sites excluding steroid dienone is 1. The first-order valence-corrected chi connectivity index (χ1v) is 9.22. The van der Waals surface area contributed by atoms with E-state index >= 15 is 0 Å². The molecule has 5 heteroatoms. The van der Waals surface area contributed by atoms with Gasteiger partial charge in [-0.1, -0.05) is 48.5 Å². The Bertz CT molecular complexity index is 774. The van der Waals surface area contributed by atoms with Gasteiger partial charge in [-0.3, -0.25) is 9.59 Å². The molecule has 0 radical (unpaired) electrons. The Kier molecular flexibility index (Phi) is 7.60. The van der Waals surface area contributed by atoms with Gasteiger partial charge in [0.1, 0.15) is 6.29 Å². The number of rotatable bonds is 8. The number of hydrogen-bond acceptors (Lipinski definition) is 4. The molecule has 2 rings (SSSR count). The summed E-state index contributed by atoms with van der Waals surface area (Å²) in [4.78, 5) is 23.8. The summed E-state index contributed by atoms with van der Waals surface area (Å²) in [5.74, 6) is -1.02. The van der Waals surface area contributed by atoms with E-state index in [2.05, 4.69) is 21.2 Å². The van der Waals surface area contributed by atoms with E-state index in [0.717, 1.165) is 22.0 Å². The summed E-state index contributed by atoms with van der Waals surface area (Å²) in [5.41, 5.74) is 2.27. The molecular formula is C21H22BrNO3. The van der Waals surface area contributed by atoms with Crippen molar-refractivity contribution in [2.45, 2.75) is 19.9 Å². The average Bonchev–Trinajstić information content (AvgIpc) is 2.66. The number of carbonyl (C=O) groups is 2. The lowest BCUT2D eigenvalue weighted by molar-refractivity contribution is -0.146. The molecule has 0 fully saturated rings. The van der Waals surface area contributed by atoms with Crippen LogP contribution in [0, 0.1) is 5.92 Å². The zero-order chi connectivity index (χ0) is 18.9. The summed E-state index contributed by atoms with van der Waals surface area (Å²) in [6, 6.07) is 17.0. The van der Waals surface area contributed by atoms with Gasteiger partial charge in [0, 0.05) is 10.2 Å². The maximum atomic E-state index is 12.7. The van der Waals surface area contributed by atoms with Gasteiger partial charge in [0.05, 0.1) is 18.6 Å². The van der Waals surface area contributed by atoms with Gasteiger partial charge in [-0.15, -0.1) is 0 Å². The molecule has 4 nitrogen and oxygen atoms in total. The van der Waals surface area contributed by atoms with E-state index < -0.39 is 5.92 Å². The Balaban J connectivity index is 2.49. The van der Waals surface area contributed by atoms with Gasteiger partial charge < -0.3 is 10.1 Å². The average molecular weight is 416 g/mol. The molecule has 26 heavy (non-hydrogen) atoms. The van der Waals surface area contributed by atoms with Gasteiger partial charge in [0.25, 0.3) is 0 Å². The lowest BCUT2D eigenvalue weighted by atomic mass is 9.91. The summed E-state index contributed by atoms with van der Waals surface area (Å²) in [6.07, 6.45) is 2.40. The summed E-state index contributed by atoms with van der Waals surface area (Å²) in [6.45, 7) is 3.73. The number of para-hydroxylation sites is 1. The maximum Gasteiger partial charge on any atom is 0.315 e. The Morgan fingerprint density at radius 3 is 2.42 bits per heavy atom. The minimum atomic E-state index is -0.644. The molecule has 2 unspecified atom stereocenters. The smallest absolute Gasteiger partial charge is 0.315 e. The van der Waals surface area contributed by atoms with Gasteiger partial charge in [0.2, 0.25) is 0 Å². The molecule has 136 valence electrons. The highest BCUT2D eigenvalue weighted by Gasteiger charge is 2.29. The lowest BCUT2D eigenvalue weighted by Crippen LogP contribution is -2.28. The molecule has 2 aromatic rings. The molecule has 0 amide bonds. The van der Waals surface area contributed by atoms with Crippen molar-refractivity contribution in [3.63, 3.8) is 0 Å². The fraction of sp³-hybridized carbons (Fsp3) is 0.238. The number of ether oxygens (including phenoxy) is 1. The van der Waals surface area contributed by atoms with Crippen LogP contribution in [0.1, 0.15) is 25.5 Å². The highest BCUT2D eigenvalue weighted by atomic mass is 79.9. The first kappa shape index (κ1) is 19.9. The molecule has 0 saturated carbocycles. The van der Waals surface area contributed by atoms with E-state index in [9.17, 15) is 9.59 Å². The van der Waals surface area contributed by atoms with Crippen LogP contribution >= 0.6 is 15.9 Å². The predicted octanol–water partition coefficient (Wildman–Crippen LogP) is 4.93. The fourth-order valence-corrected chi connectivity index (χ4v) is 3.05. The van der Waals surface area contributed by atoms with Gasteiger partial charge >= 0.3 is 5.97 Å². The van der Waals surface area contributed by atoms with Crippen molar-refractivity contribution < 1.29 is 14.3 Å². The van der Waals surface area contributed by atoms with Crippen LogP contribution in [-0.2, 0) is 14.3 Å². The first-order valence-electron chi connectivity index (χ1n) is 8.43. The van der Waals surface area contributed by atoms with Crippen molar-refractivity contribution in [3.8, 4) is 0 Å². The van der Waals surface area contributed by atoms with E-state index in [-0.39, 0.29) is 18.6 Å². The lowest BCUT2D eigenvalue weighted by Gasteiger charge is -2.27. The van der Waals surface area contributed by atoms with Gasteiger partial charge in [-0.2, -0.15) is 0 Å². The van der Waals surface area contributed by atoms with Crippen molar-refractivity contribution in [1.82, 2.24) is 0 Å². The third-order valence-corrected chi connectivity index (χ3v) is 4.58. The number of benzene rings is 2. The Labute approximate surface area is 162 Å². The quantitative estimate of drug-likeness (QED) is 0.377. The third kappa shape index (κ3) is 5.30. The largest absolute Gasteiger partial charge is 0.465 e. The number of anilines is 1. The van der Waals surface area contributed by atoms with Crippen LogP contribution in [-0.4, -0.2) is 18.9 Å². The molecule has 0 heterocycles. The standard InChI is InChI=1S/C21H22BrNO3/c1-3-26-21(25)17(13-15(2)14-24)20(16-9-5-4-6-10-16)23-19-12-8-7-11-18(19)22/h4-14,17,20,23H,3H2,1-2H3/b15-13+. The molecule has 0 spiro atoms. The highest BCUT2D eigenvalue weighted by Crippen LogP contribution is 2.32. The second kappa shape index (κ2) is 9.92. The molecule has 0 bridgehead atoms. The second-order valence-electron chi connectivity index (χ2n) is 5.82. The molecule has 2 atom stereocenters. The zero-order valence-corrected chi connectivity index (χ0v) is 16.4. The van der Waals surface area contributed by atoms with E-state index in [1.165, 1.54) is 0 Å². The number of esters is 1. The Morgan fingerprint density at radius 1 is 1.15 bits per heavy atom. The van der Waals surface area contributed by atoms with Gasteiger partial charge in [-0.05, 0) is 53.0 Å². The molecule has 2 aromatic carbocycles. The van der Waals surface area contributed by atoms with Crippen molar-refractivity contribution in [3.05, 3.63) is 76.3 Å². The number of halogens is 1. The van der Waals surface area contributed by atoms with E-state index in [1.807, 2.05) is 54.6 Å². The van der Waals surface area contributed by atoms with Gasteiger partial charge in [0.15, 0.2) is 0 Å². The van der Waals surface area contributed by atoms with Crippen LogP contribution in [0.15, 0.2) is 70.7 Å². The monoisotopic (exact) mass is 415 g/mol. The minimum absolute atomic E-state index is 0.278. The molecule has 0 aromatic heterocycles. The molecule has 0 aliphatic rings. The molecule has 0 aliphatic carbocycles. The normalized spacial score (nSPS) is 13.6. The first-order chi connectivity index (χ1) is 12.6. The van der Waals surface area contributed by atoms with Crippen LogP contribution in [0.3, 0.4) is 0 Å². The number of carbonyl (C=O) groups excluding carboxylic acids is 2. The summed E-state index contributed by atoms with van der Waals surface area (Å²) in [7, 11) is 0. The van der Waals surface area contributed by atoms with Crippen molar-refractivity contribution in [1.29, 1.82) is 0 Å². The van der Waals surface area contributed by atoms with Crippen LogP contribution in [0.4, 0.5) is 5.69 Å². The summed E-state index contributed by atoms with van der Waals surface area (Å²) >= 11 is 3.53. The van der Waals surface area contributed by atoms with Crippen molar-refractivity contribution >= 4 is 33.9 Å². The van der Waals surface area contributed by atoms with Gasteiger partial charge in [-0.25, -0.2) is 0 Å². The SMILES string of the molecule is CCOC(=O)C(/C=C(\C)C=O)C(Nc1ccccc1Br)c1ccccc1. The highest BCUT2D eigenvalue weighted by molar-refractivity contribution is 9.10. The van der Waals surface area contributed by atoms with Crippen molar-refractivity contribution in [2.24, 2.45) is 5.92 Å². The Morgan fingerprint density at radius 2 is 1.81 bits per heavy atom. The number of nitrogens with one attached hydrogen (secondary N) is 1. The van der Waals surface area contributed by atoms with Crippen LogP contribution in [0.25, 0.3) is 0 Å². The number of aldehydes is 1. The molecule has 0 saturated heterocycles. The van der Waals surface area contributed by atoms with E-state index in [1.54, 1.807) is 19.9 Å². The fourth-order valence-electron chi connectivity index (χ4n) is 2.65. The van der Waals surface area contributed by atoms with E-state index in [4.69, 9.17) is 4.74 Å². The van der Waals surface area contributed by atoms with Crippen LogP contribution in [0.5, 0.6) is 0 Å². The topological polar surface area (TPSA) is 55.4 Å². The number of hydrogen-bond donors (Lipinski definition) is 1. The summed E-state index contributed by atoms with van der Waals surface area (Å²) in [5, 5.41) is 3.42. The van der Waals surface area contributed by atoms with Crippen LogP contribution < -0.4 is 5.32 Å².